The van der Waals surface area contributed by atoms with Crippen molar-refractivity contribution >= 4 is 28.5 Å². The number of nitrogens with zero attached hydrogens (tertiary/aromatic N) is 3. The number of halogens is 1. The van der Waals surface area contributed by atoms with Gasteiger partial charge in [-0.3, -0.25) is 14.2 Å². The first-order valence-corrected chi connectivity index (χ1v) is 10.9. The minimum absolute atomic E-state index is 0.0728. The molecule has 0 aliphatic heterocycles. The average molecular weight is 446 g/mol. The lowest BCUT2D eigenvalue weighted by Gasteiger charge is -2.27. The number of aromatic nitrogens is 2. The molecule has 1 amide bonds. The van der Waals surface area contributed by atoms with Crippen LogP contribution in [0.15, 0.2) is 83.8 Å². The molecular formula is C26H24ClN3O2. The molecule has 2 aromatic heterocycles. The van der Waals surface area contributed by atoms with Gasteiger partial charge in [0.1, 0.15) is 11.2 Å². The van der Waals surface area contributed by atoms with Gasteiger partial charge in [-0.2, -0.15) is 0 Å². The summed E-state index contributed by atoms with van der Waals surface area (Å²) in [7, 11) is 0. The van der Waals surface area contributed by atoms with Crippen molar-refractivity contribution in [2.45, 2.75) is 33.0 Å². The molecule has 0 atom stereocenters. The Balaban J connectivity index is 1.79. The normalized spacial score (nSPS) is 11.1. The summed E-state index contributed by atoms with van der Waals surface area (Å²) in [5.41, 5.74) is 2.25. The maximum Gasteiger partial charge on any atom is 0.265 e. The topological polar surface area (TPSA) is 55.2 Å². The van der Waals surface area contributed by atoms with E-state index in [1.807, 2.05) is 62.4 Å². The van der Waals surface area contributed by atoms with Gasteiger partial charge in [0, 0.05) is 29.2 Å². The van der Waals surface area contributed by atoms with Crippen molar-refractivity contribution < 1.29 is 4.79 Å². The van der Waals surface area contributed by atoms with E-state index >= 15 is 0 Å². The van der Waals surface area contributed by atoms with E-state index in [0.29, 0.717) is 23.8 Å². The van der Waals surface area contributed by atoms with Crippen molar-refractivity contribution in [2.24, 2.45) is 0 Å². The van der Waals surface area contributed by atoms with E-state index in [1.54, 1.807) is 39.9 Å². The predicted octanol–water partition coefficient (Wildman–Crippen LogP) is 5.15. The van der Waals surface area contributed by atoms with Gasteiger partial charge in [0.25, 0.3) is 11.5 Å². The molecule has 0 bridgehead atoms. The third-order valence-corrected chi connectivity index (χ3v) is 5.66. The highest BCUT2D eigenvalue weighted by atomic mass is 35.5. The summed E-state index contributed by atoms with van der Waals surface area (Å²) >= 11 is 6.01. The van der Waals surface area contributed by atoms with Crippen LogP contribution in [0.5, 0.6) is 0 Å². The fraction of sp³-hybridized carbons (Fsp3) is 0.192. The van der Waals surface area contributed by atoms with Gasteiger partial charge in [0.05, 0.1) is 6.54 Å². The van der Waals surface area contributed by atoms with Crippen molar-refractivity contribution in [3.8, 4) is 0 Å². The van der Waals surface area contributed by atoms with Crippen LogP contribution < -0.4 is 5.56 Å². The smallest absolute Gasteiger partial charge is 0.265 e. The van der Waals surface area contributed by atoms with Gasteiger partial charge in [-0.1, -0.05) is 54.1 Å². The molecule has 0 radical (unpaired) electrons. The van der Waals surface area contributed by atoms with Crippen LogP contribution in [0.1, 0.15) is 35.3 Å². The zero-order valence-electron chi connectivity index (χ0n) is 18.0. The molecule has 2 heterocycles. The van der Waals surface area contributed by atoms with Gasteiger partial charge in [-0.15, -0.1) is 0 Å². The number of hydrogen-bond acceptors (Lipinski definition) is 3. The molecule has 6 heteroatoms. The number of pyridine rings is 2. The minimum Gasteiger partial charge on any atom is -0.332 e. The Hall–Kier alpha value is -3.44. The molecule has 0 N–H and O–H groups in total. The first-order chi connectivity index (χ1) is 15.4. The quantitative estimate of drug-likeness (QED) is 0.412. The minimum atomic E-state index is -0.352. The van der Waals surface area contributed by atoms with Crippen molar-refractivity contribution in [3.05, 3.63) is 111 Å². The number of carbonyl (C=O) groups is 1. The summed E-state index contributed by atoms with van der Waals surface area (Å²) in [5.74, 6) is -0.288. The first-order valence-electron chi connectivity index (χ1n) is 10.5. The molecular weight excluding hydrogens is 422 g/mol. The van der Waals surface area contributed by atoms with E-state index in [4.69, 9.17) is 11.6 Å². The molecule has 4 aromatic rings. The monoisotopic (exact) mass is 445 g/mol. The predicted molar refractivity (Wildman–Crippen MR) is 128 cm³/mol. The standard InChI is InChI=1S/C26H24ClN3O2/c1-18(2)29(16-19-7-4-3-5-8-19)25(31)23-15-21-9-6-14-28-24(21)30(26(23)32)17-20-10-12-22(27)13-11-20/h3-15,18H,16-17H2,1-2H3. The van der Waals surface area contributed by atoms with E-state index < -0.39 is 0 Å². The zero-order valence-corrected chi connectivity index (χ0v) is 18.8. The molecule has 0 spiro atoms. The van der Waals surface area contributed by atoms with Gasteiger partial charge in [0.2, 0.25) is 0 Å². The van der Waals surface area contributed by atoms with Crippen LogP contribution in [0.25, 0.3) is 11.0 Å². The van der Waals surface area contributed by atoms with Crippen LogP contribution >= 0.6 is 11.6 Å². The Morgan fingerprint density at radius 1 is 1.00 bits per heavy atom. The number of amides is 1. The summed E-state index contributed by atoms with van der Waals surface area (Å²) in [5, 5.41) is 1.37. The molecule has 0 aliphatic carbocycles. The highest BCUT2D eigenvalue weighted by molar-refractivity contribution is 6.30. The highest BCUT2D eigenvalue weighted by Crippen LogP contribution is 2.17. The maximum absolute atomic E-state index is 13.6. The lowest BCUT2D eigenvalue weighted by atomic mass is 10.1. The van der Waals surface area contributed by atoms with Crippen molar-refractivity contribution in [1.82, 2.24) is 14.5 Å². The SMILES string of the molecule is CC(C)N(Cc1ccccc1)C(=O)c1cc2cccnc2n(Cc2ccc(Cl)cc2)c1=O. The van der Waals surface area contributed by atoms with E-state index in [0.717, 1.165) is 16.5 Å². The second-order valence-electron chi connectivity index (χ2n) is 8.00. The molecule has 0 saturated heterocycles. The molecule has 162 valence electrons. The van der Waals surface area contributed by atoms with Gasteiger partial charge in [0.15, 0.2) is 0 Å². The highest BCUT2D eigenvalue weighted by Gasteiger charge is 2.24. The molecule has 2 aromatic carbocycles. The largest absolute Gasteiger partial charge is 0.332 e. The number of hydrogen-bond donors (Lipinski definition) is 0. The van der Waals surface area contributed by atoms with Gasteiger partial charge < -0.3 is 4.90 Å². The van der Waals surface area contributed by atoms with E-state index in [9.17, 15) is 9.59 Å². The summed E-state index contributed by atoms with van der Waals surface area (Å²) in [4.78, 5) is 33.2. The molecule has 0 fully saturated rings. The van der Waals surface area contributed by atoms with Crippen LogP contribution in [0.4, 0.5) is 0 Å². The Bertz CT molecular complexity index is 1300. The third kappa shape index (κ3) is 4.58. The molecule has 5 nitrogen and oxygen atoms in total. The fourth-order valence-electron chi connectivity index (χ4n) is 3.70. The van der Waals surface area contributed by atoms with Crippen LogP contribution in [-0.2, 0) is 13.1 Å². The Morgan fingerprint density at radius 3 is 2.41 bits per heavy atom. The lowest BCUT2D eigenvalue weighted by molar-refractivity contribution is 0.0688. The molecule has 0 saturated carbocycles. The van der Waals surface area contributed by atoms with Crippen molar-refractivity contribution in [1.29, 1.82) is 0 Å². The van der Waals surface area contributed by atoms with Gasteiger partial charge in [-0.05, 0) is 55.3 Å². The Labute approximate surface area is 191 Å². The van der Waals surface area contributed by atoms with Crippen LogP contribution in [0, 0.1) is 0 Å². The van der Waals surface area contributed by atoms with Gasteiger partial charge in [-0.25, -0.2) is 4.98 Å². The van der Waals surface area contributed by atoms with Crippen molar-refractivity contribution in [3.63, 3.8) is 0 Å². The Morgan fingerprint density at radius 2 is 1.72 bits per heavy atom. The van der Waals surface area contributed by atoms with E-state index in [-0.39, 0.29) is 23.1 Å². The molecule has 4 rings (SSSR count). The molecule has 0 aliphatic rings. The fourth-order valence-corrected chi connectivity index (χ4v) is 3.83. The number of fused-ring (bicyclic) bond motifs is 1. The second-order valence-corrected chi connectivity index (χ2v) is 8.44. The molecule has 0 unspecified atom stereocenters. The van der Waals surface area contributed by atoms with Crippen LogP contribution in [-0.4, -0.2) is 26.4 Å². The number of rotatable bonds is 6. The average Bonchev–Trinajstić information content (AvgIpc) is 2.80. The summed E-state index contributed by atoms with van der Waals surface area (Å²) in [6.45, 7) is 4.63. The lowest BCUT2D eigenvalue weighted by Crippen LogP contribution is -2.40. The zero-order chi connectivity index (χ0) is 22.7. The van der Waals surface area contributed by atoms with Gasteiger partial charge >= 0.3 is 0 Å². The first kappa shape index (κ1) is 21.8. The Kier molecular flexibility index (Phi) is 6.37. The summed E-state index contributed by atoms with van der Waals surface area (Å²) in [6.07, 6.45) is 1.65. The van der Waals surface area contributed by atoms with Crippen LogP contribution in [0.2, 0.25) is 5.02 Å². The van der Waals surface area contributed by atoms with Crippen molar-refractivity contribution in [2.75, 3.05) is 0 Å². The maximum atomic E-state index is 13.6. The number of carbonyl (C=O) groups excluding carboxylic acids is 1. The van der Waals surface area contributed by atoms with E-state index in [1.165, 1.54) is 0 Å². The van der Waals surface area contributed by atoms with Crippen LogP contribution in [0.3, 0.4) is 0 Å². The molecule has 32 heavy (non-hydrogen) atoms. The third-order valence-electron chi connectivity index (χ3n) is 5.41. The second kappa shape index (κ2) is 9.37. The summed E-state index contributed by atoms with van der Waals surface area (Å²) in [6, 6.07) is 22.3. The summed E-state index contributed by atoms with van der Waals surface area (Å²) < 4.78 is 1.56. The number of benzene rings is 2. The van der Waals surface area contributed by atoms with E-state index in [2.05, 4.69) is 4.98 Å².